The highest BCUT2D eigenvalue weighted by molar-refractivity contribution is 7.88. The molecule has 0 unspecified atom stereocenters. The van der Waals surface area contributed by atoms with Gasteiger partial charge in [-0.2, -0.15) is 4.31 Å². The average molecular weight is 480 g/mol. The van der Waals surface area contributed by atoms with E-state index in [4.69, 9.17) is 0 Å². The summed E-state index contributed by atoms with van der Waals surface area (Å²) in [6.45, 7) is 1.94. The summed E-state index contributed by atoms with van der Waals surface area (Å²) in [5, 5.41) is 12.7. The van der Waals surface area contributed by atoms with Crippen LogP contribution in [-0.2, 0) is 10.0 Å². The predicted molar refractivity (Wildman–Crippen MR) is 130 cm³/mol. The van der Waals surface area contributed by atoms with Crippen molar-refractivity contribution in [2.24, 2.45) is 0 Å². The van der Waals surface area contributed by atoms with E-state index in [-0.39, 0.29) is 11.2 Å². The Morgan fingerprint density at radius 2 is 1.74 bits per heavy atom. The van der Waals surface area contributed by atoms with Crippen LogP contribution in [-0.4, -0.2) is 59.6 Å². The Kier molecular flexibility index (Phi) is 5.29. The number of non-ortho nitro benzene ring substituents is 1. The van der Waals surface area contributed by atoms with Gasteiger partial charge >= 0.3 is 0 Å². The van der Waals surface area contributed by atoms with Gasteiger partial charge in [0.05, 0.1) is 27.9 Å². The monoisotopic (exact) mass is 479 g/mol. The number of aromatic nitrogens is 2. The second-order valence-corrected chi connectivity index (χ2v) is 10.2. The molecule has 2 aromatic carbocycles. The van der Waals surface area contributed by atoms with E-state index in [0.717, 1.165) is 16.5 Å². The van der Waals surface area contributed by atoms with Crippen LogP contribution in [0, 0.1) is 10.1 Å². The lowest BCUT2D eigenvalue weighted by atomic mass is 10.1. The smallest absolute Gasteiger partial charge is 0.271 e. The van der Waals surface area contributed by atoms with Crippen LogP contribution in [0.5, 0.6) is 0 Å². The van der Waals surface area contributed by atoms with Crippen molar-refractivity contribution in [3.63, 3.8) is 0 Å². The molecular formula is C23H21N5O5S. The molecule has 2 aromatic heterocycles. The standard InChI is InChI=1S/C23H21N5O5S/c1-34(32,33)26-11-9-25(10-12-26)17-6-7-20-21(14-17)24-15-16-5-8-22(29)27(23(16)20)18-3-2-4-19(13-18)28(30)31/h2-8,13-15H,9-12H2,1H3. The first-order chi connectivity index (χ1) is 16.2. The van der Waals surface area contributed by atoms with Gasteiger partial charge in [-0.3, -0.25) is 24.5 Å². The maximum absolute atomic E-state index is 12.9. The molecule has 4 aromatic rings. The molecular weight excluding hydrogens is 458 g/mol. The normalized spacial score (nSPS) is 15.1. The van der Waals surface area contributed by atoms with Gasteiger partial charge < -0.3 is 4.90 Å². The lowest BCUT2D eigenvalue weighted by Crippen LogP contribution is -2.48. The van der Waals surface area contributed by atoms with Crippen molar-refractivity contribution in [3.8, 4) is 5.69 Å². The van der Waals surface area contributed by atoms with E-state index < -0.39 is 14.9 Å². The first-order valence-electron chi connectivity index (χ1n) is 10.6. The van der Waals surface area contributed by atoms with Crippen LogP contribution in [0.3, 0.4) is 0 Å². The minimum Gasteiger partial charge on any atom is -0.369 e. The Balaban J connectivity index is 1.61. The van der Waals surface area contributed by atoms with E-state index in [1.54, 1.807) is 24.4 Å². The molecule has 1 fully saturated rings. The van der Waals surface area contributed by atoms with Crippen LogP contribution in [0.4, 0.5) is 11.4 Å². The fraction of sp³-hybridized carbons (Fsp3) is 0.217. The summed E-state index contributed by atoms with van der Waals surface area (Å²) in [6.07, 6.45) is 2.89. The number of nitro groups is 1. The number of hydrogen-bond donors (Lipinski definition) is 0. The van der Waals surface area contributed by atoms with E-state index in [1.807, 2.05) is 18.2 Å². The molecule has 0 bridgehead atoms. The lowest BCUT2D eigenvalue weighted by Gasteiger charge is -2.34. The van der Waals surface area contributed by atoms with Gasteiger partial charge in [-0.25, -0.2) is 8.42 Å². The van der Waals surface area contributed by atoms with Crippen molar-refractivity contribution in [2.45, 2.75) is 0 Å². The largest absolute Gasteiger partial charge is 0.369 e. The zero-order valence-electron chi connectivity index (χ0n) is 18.3. The van der Waals surface area contributed by atoms with Crippen LogP contribution in [0.1, 0.15) is 0 Å². The fourth-order valence-corrected chi connectivity index (χ4v) is 5.20. The third-order valence-corrected chi connectivity index (χ3v) is 7.38. The summed E-state index contributed by atoms with van der Waals surface area (Å²) in [6, 6.07) is 14.8. The maximum atomic E-state index is 12.9. The topological polar surface area (TPSA) is 119 Å². The molecule has 0 radical (unpaired) electrons. The molecule has 0 aliphatic carbocycles. The Morgan fingerprint density at radius 3 is 2.44 bits per heavy atom. The summed E-state index contributed by atoms with van der Waals surface area (Å²) >= 11 is 0. The molecule has 34 heavy (non-hydrogen) atoms. The third kappa shape index (κ3) is 3.88. The number of piperazine rings is 1. The highest BCUT2D eigenvalue weighted by Gasteiger charge is 2.24. The number of benzene rings is 2. The molecule has 174 valence electrons. The molecule has 1 saturated heterocycles. The lowest BCUT2D eigenvalue weighted by molar-refractivity contribution is -0.384. The molecule has 3 heterocycles. The molecule has 1 aliphatic heterocycles. The molecule has 0 amide bonds. The minimum absolute atomic E-state index is 0.102. The summed E-state index contributed by atoms with van der Waals surface area (Å²) in [5.74, 6) is 0. The van der Waals surface area contributed by atoms with Gasteiger partial charge in [0.2, 0.25) is 10.0 Å². The van der Waals surface area contributed by atoms with Gasteiger partial charge in [0.15, 0.2) is 0 Å². The second kappa shape index (κ2) is 8.19. The number of nitro benzene ring substituents is 1. The molecule has 1 aliphatic rings. The number of pyridine rings is 2. The van der Waals surface area contributed by atoms with Crippen molar-refractivity contribution in [3.05, 3.63) is 81.3 Å². The Bertz CT molecular complexity index is 1610. The summed E-state index contributed by atoms with van der Waals surface area (Å²) < 4.78 is 26.5. The highest BCUT2D eigenvalue weighted by atomic mass is 32.2. The molecule has 11 heteroatoms. The van der Waals surface area contributed by atoms with Crippen LogP contribution in [0.15, 0.2) is 65.6 Å². The van der Waals surface area contributed by atoms with Gasteiger partial charge in [0.25, 0.3) is 11.2 Å². The Hall–Kier alpha value is -3.83. The maximum Gasteiger partial charge on any atom is 0.271 e. The van der Waals surface area contributed by atoms with E-state index in [0.29, 0.717) is 42.9 Å². The molecule has 10 nitrogen and oxygen atoms in total. The van der Waals surface area contributed by atoms with Gasteiger partial charge in [-0.05, 0) is 30.3 Å². The van der Waals surface area contributed by atoms with Crippen molar-refractivity contribution < 1.29 is 13.3 Å². The van der Waals surface area contributed by atoms with Crippen LogP contribution in [0.2, 0.25) is 0 Å². The first kappa shape index (κ1) is 22.0. The van der Waals surface area contributed by atoms with Crippen molar-refractivity contribution in [1.82, 2.24) is 13.9 Å². The Labute approximate surface area is 194 Å². The van der Waals surface area contributed by atoms with E-state index in [9.17, 15) is 23.3 Å². The summed E-state index contributed by atoms with van der Waals surface area (Å²) in [4.78, 5) is 30.4. The quantitative estimate of drug-likeness (QED) is 0.251. The average Bonchev–Trinajstić information content (AvgIpc) is 2.83. The van der Waals surface area contributed by atoms with Crippen LogP contribution < -0.4 is 10.5 Å². The second-order valence-electron chi connectivity index (χ2n) is 8.20. The van der Waals surface area contributed by atoms with Crippen molar-refractivity contribution in [1.29, 1.82) is 0 Å². The molecule has 0 atom stereocenters. The third-order valence-electron chi connectivity index (χ3n) is 6.07. The first-order valence-corrected chi connectivity index (χ1v) is 12.5. The van der Waals surface area contributed by atoms with Gasteiger partial charge in [-0.1, -0.05) is 6.07 Å². The highest BCUT2D eigenvalue weighted by Crippen LogP contribution is 2.29. The number of fused-ring (bicyclic) bond motifs is 3. The van der Waals surface area contributed by atoms with Crippen LogP contribution in [0.25, 0.3) is 27.5 Å². The summed E-state index contributed by atoms with van der Waals surface area (Å²) in [5.41, 5.74) is 2.19. The molecule has 5 rings (SSSR count). The van der Waals surface area contributed by atoms with Crippen LogP contribution >= 0.6 is 0 Å². The van der Waals surface area contributed by atoms with Gasteiger partial charge in [-0.15, -0.1) is 0 Å². The molecule has 0 saturated carbocycles. The van der Waals surface area contributed by atoms with Crippen molar-refractivity contribution >= 4 is 43.2 Å². The fourth-order valence-electron chi connectivity index (χ4n) is 4.38. The summed E-state index contributed by atoms with van der Waals surface area (Å²) in [7, 11) is -3.21. The van der Waals surface area contributed by atoms with Crippen molar-refractivity contribution in [2.75, 3.05) is 37.3 Å². The van der Waals surface area contributed by atoms with E-state index in [1.165, 1.54) is 33.3 Å². The zero-order chi connectivity index (χ0) is 24.0. The van der Waals surface area contributed by atoms with E-state index in [2.05, 4.69) is 9.88 Å². The number of hydrogen-bond acceptors (Lipinski definition) is 7. The zero-order valence-corrected chi connectivity index (χ0v) is 19.1. The minimum atomic E-state index is -3.21. The van der Waals surface area contributed by atoms with Gasteiger partial charge in [0, 0.05) is 67.0 Å². The van der Waals surface area contributed by atoms with E-state index >= 15 is 0 Å². The SMILES string of the molecule is CS(=O)(=O)N1CCN(c2ccc3c(c2)ncc2ccc(=O)n(-c4cccc([N+](=O)[O-])c4)c23)CC1. The number of nitrogens with zero attached hydrogens (tertiary/aromatic N) is 5. The molecule has 0 N–H and O–H groups in total. The number of rotatable bonds is 4. The molecule has 0 spiro atoms. The predicted octanol–water partition coefficient (Wildman–Crippen LogP) is 2.53. The Morgan fingerprint density at radius 1 is 0.971 bits per heavy atom. The number of anilines is 1. The number of sulfonamides is 1. The van der Waals surface area contributed by atoms with Gasteiger partial charge in [0.1, 0.15) is 0 Å².